The summed E-state index contributed by atoms with van der Waals surface area (Å²) in [5, 5.41) is 3.07. The molecule has 1 atom stereocenters. The van der Waals surface area contributed by atoms with Crippen LogP contribution in [0.4, 0.5) is 0 Å². The lowest BCUT2D eigenvalue weighted by Crippen LogP contribution is -2.44. The molecule has 156 valence electrons. The molecule has 1 fully saturated rings. The third-order valence-electron chi connectivity index (χ3n) is 5.59. The van der Waals surface area contributed by atoms with Gasteiger partial charge in [0, 0.05) is 19.0 Å². The summed E-state index contributed by atoms with van der Waals surface area (Å²) in [5.74, 6) is 0.0449. The van der Waals surface area contributed by atoms with E-state index in [1.54, 1.807) is 4.31 Å². The lowest BCUT2D eigenvalue weighted by atomic mass is 9.96. The number of nitrogens with zero attached hydrogens (tertiary/aromatic N) is 1. The van der Waals surface area contributed by atoms with E-state index >= 15 is 0 Å². The molecule has 1 unspecified atom stereocenters. The second-order valence-electron chi connectivity index (χ2n) is 7.72. The molecule has 3 rings (SSSR count). The molecule has 0 spiro atoms. The second kappa shape index (κ2) is 10.0. The highest BCUT2D eigenvalue weighted by Crippen LogP contribution is 2.22. The number of piperidine rings is 1. The fourth-order valence-electron chi connectivity index (χ4n) is 3.78. The molecule has 2 aromatic rings. The van der Waals surface area contributed by atoms with Crippen molar-refractivity contribution in [3.8, 4) is 0 Å². The summed E-state index contributed by atoms with van der Waals surface area (Å²) < 4.78 is 26.8. The number of hydrogen-bond acceptors (Lipinski definition) is 3. The van der Waals surface area contributed by atoms with E-state index in [4.69, 9.17) is 0 Å². The summed E-state index contributed by atoms with van der Waals surface area (Å²) in [7, 11) is -3.27. The summed E-state index contributed by atoms with van der Waals surface area (Å²) in [5.41, 5.74) is 2.23. The lowest BCUT2D eigenvalue weighted by Gasteiger charge is -2.31. The molecule has 1 N–H and O–H groups in total. The maximum atomic E-state index is 12.6. The Bertz CT molecular complexity index is 877. The number of nitrogens with one attached hydrogen (secondary N) is 1. The van der Waals surface area contributed by atoms with Crippen LogP contribution in [0, 0.1) is 5.92 Å². The summed E-state index contributed by atoms with van der Waals surface area (Å²) in [6.07, 6.45) is 2.52. The standard InChI is InChI=1S/C23H30N2O3S/c1-19(21-12-6-3-7-13-21)24-23(26)22-14-16-25(17-15-22)29(27,28)18-8-11-20-9-4-2-5-10-20/h2-7,9-10,12-13,19,22H,8,11,14-18H2,1H3,(H,24,26). The topological polar surface area (TPSA) is 66.5 Å². The molecule has 6 heteroatoms. The van der Waals surface area contributed by atoms with Crippen molar-refractivity contribution >= 4 is 15.9 Å². The highest BCUT2D eigenvalue weighted by molar-refractivity contribution is 7.89. The predicted octanol–water partition coefficient (Wildman–Crippen LogP) is 3.54. The molecule has 0 bridgehead atoms. The zero-order chi connectivity index (χ0) is 20.7. The van der Waals surface area contributed by atoms with Gasteiger partial charge in [-0.05, 0) is 43.7 Å². The van der Waals surface area contributed by atoms with Crippen molar-refractivity contribution in [2.45, 2.75) is 38.6 Å². The Balaban J connectivity index is 1.44. The van der Waals surface area contributed by atoms with Crippen LogP contribution in [0.5, 0.6) is 0 Å². The molecule has 0 aliphatic carbocycles. The first-order valence-corrected chi connectivity index (χ1v) is 11.9. The zero-order valence-electron chi connectivity index (χ0n) is 17.0. The maximum Gasteiger partial charge on any atom is 0.223 e. The SMILES string of the molecule is CC(NC(=O)C1CCN(S(=O)(=O)CCCc2ccccc2)CC1)c1ccccc1. The van der Waals surface area contributed by atoms with Crippen molar-refractivity contribution < 1.29 is 13.2 Å². The van der Waals surface area contributed by atoms with Gasteiger partial charge in [0.05, 0.1) is 11.8 Å². The predicted molar refractivity (Wildman–Crippen MR) is 116 cm³/mol. The molecule has 2 aromatic carbocycles. The molecule has 1 saturated heterocycles. The molecule has 1 amide bonds. The smallest absolute Gasteiger partial charge is 0.223 e. The number of sulfonamides is 1. The normalized spacial score (nSPS) is 17.0. The summed E-state index contributed by atoms with van der Waals surface area (Å²) in [6.45, 7) is 2.82. The van der Waals surface area contributed by atoms with E-state index in [9.17, 15) is 13.2 Å². The fraction of sp³-hybridized carbons (Fsp3) is 0.435. The van der Waals surface area contributed by atoms with Gasteiger partial charge in [0.25, 0.3) is 0 Å². The van der Waals surface area contributed by atoms with Crippen LogP contribution >= 0.6 is 0 Å². The van der Waals surface area contributed by atoms with Crippen LogP contribution < -0.4 is 5.32 Å². The van der Waals surface area contributed by atoms with E-state index < -0.39 is 10.0 Å². The summed E-state index contributed by atoms with van der Waals surface area (Å²) in [6, 6.07) is 19.7. The number of carbonyl (C=O) groups excluding carboxylic acids is 1. The number of rotatable bonds is 8. The zero-order valence-corrected chi connectivity index (χ0v) is 17.8. The quantitative estimate of drug-likeness (QED) is 0.718. The van der Waals surface area contributed by atoms with Crippen molar-refractivity contribution in [2.75, 3.05) is 18.8 Å². The van der Waals surface area contributed by atoms with Crippen LogP contribution in [-0.4, -0.2) is 37.5 Å². The highest BCUT2D eigenvalue weighted by Gasteiger charge is 2.31. The summed E-state index contributed by atoms with van der Waals surface area (Å²) >= 11 is 0. The van der Waals surface area contributed by atoms with Gasteiger partial charge in [-0.3, -0.25) is 4.79 Å². The van der Waals surface area contributed by atoms with E-state index in [1.165, 1.54) is 0 Å². The molecule has 0 saturated carbocycles. The minimum Gasteiger partial charge on any atom is -0.349 e. The average molecular weight is 415 g/mol. The molecule has 1 heterocycles. The van der Waals surface area contributed by atoms with Crippen molar-refractivity contribution in [3.63, 3.8) is 0 Å². The Kier molecular flexibility index (Phi) is 7.45. The molecular weight excluding hydrogens is 384 g/mol. The van der Waals surface area contributed by atoms with Crippen molar-refractivity contribution in [1.29, 1.82) is 0 Å². The first kappa shape index (κ1) is 21.5. The Morgan fingerprint density at radius 2 is 1.62 bits per heavy atom. The average Bonchev–Trinajstić information content (AvgIpc) is 2.75. The molecular formula is C23H30N2O3S. The Morgan fingerprint density at radius 3 is 2.24 bits per heavy atom. The third kappa shape index (κ3) is 6.15. The summed E-state index contributed by atoms with van der Waals surface area (Å²) in [4.78, 5) is 12.6. The van der Waals surface area contributed by atoms with Gasteiger partial charge in [-0.15, -0.1) is 0 Å². The van der Waals surface area contributed by atoms with Crippen molar-refractivity contribution in [2.24, 2.45) is 5.92 Å². The Hall–Kier alpha value is -2.18. The van der Waals surface area contributed by atoms with E-state index in [2.05, 4.69) is 5.32 Å². The number of amides is 1. The molecule has 5 nitrogen and oxygen atoms in total. The van der Waals surface area contributed by atoms with Crippen molar-refractivity contribution in [1.82, 2.24) is 9.62 Å². The van der Waals surface area contributed by atoms with Gasteiger partial charge in [-0.25, -0.2) is 12.7 Å². The van der Waals surface area contributed by atoms with Crippen LogP contribution in [0.1, 0.15) is 43.4 Å². The van der Waals surface area contributed by atoms with Crippen LogP contribution in [0.25, 0.3) is 0 Å². The van der Waals surface area contributed by atoms with Crippen LogP contribution in [0.15, 0.2) is 60.7 Å². The van der Waals surface area contributed by atoms with Gasteiger partial charge < -0.3 is 5.32 Å². The number of aryl methyl sites for hydroxylation is 1. The second-order valence-corrected chi connectivity index (χ2v) is 9.81. The fourth-order valence-corrected chi connectivity index (χ4v) is 5.32. The van der Waals surface area contributed by atoms with Gasteiger partial charge >= 0.3 is 0 Å². The number of hydrogen-bond donors (Lipinski definition) is 1. The van der Waals surface area contributed by atoms with Crippen molar-refractivity contribution in [3.05, 3.63) is 71.8 Å². The minimum atomic E-state index is -3.27. The van der Waals surface area contributed by atoms with Crippen LogP contribution in [-0.2, 0) is 21.2 Å². The molecule has 1 aliphatic rings. The van der Waals surface area contributed by atoms with Gasteiger partial charge in [0.1, 0.15) is 0 Å². The highest BCUT2D eigenvalue weighted by atomic mass is 32.2. The number of benzene rings is 2. The number of carbonyl (C=O) groups is 1. The van der Waals surface area contributed by atoms with E-state index in [-0.39, 0.29) is 23.6 Å². The third-order valence-corrected chi connectivity index (χ3v) is 7.54. The molecule has 29 heavy (non-hydrogen) atoms. The monoisotopic (exact) mass is 414 g/mol. The first-order chi connectivity index (χ1) is 14.0. The minimum absolute atomic E-state index is 0.0162. The lowest BCUT2D eigenvalue weighted by molar-refractivity contribution is -0.126. The van der Waals surface area contributed by atoms with Gasteiger partial charge in [0.2, 0.25) is 15.9 Å². The van der Waals surface area contributed by atoms with E-state index in [0.29, 0.717) is 32.4 Å². The van der Waals surface area contributed by atoms with E-state index in [0.717, 1.165) is 17.5 Å². The van der Waals surface area contributed by atoms with Crippen LogP contribution in [0.2, 0.25) is 0 Å². The largest absolute Gasteiger partial charge is 0.349 e. The van der Waals surface area contributed by atoms with Gasteiger partial charge in [-0.2, -0.15) is 0 Å². The van der Waals surface area contributed by atoms with Gasteiger partial charge in [0.15, 0.2) is 0 Å². The maximum absolute atomic E-state index is 12.6. The molecule has 0 radical (unpaired) electrons. The molecule has 0 aromatic heterocycles. The first-order valence-electron chi connectivity index (χ1n) is 10.3. The molecule has 1 aliphatic heterocycles. The van der Waals surface area contributed by atoms with Crippen LogP contribution in [0.3, 0.4) is 0 Å². The van der Waals surface area contributed by atoms with Gasteiger partial charge in [-0.1, -0.05) is 60.7 Å². The Labute approximate surface area is 174 Å². The van der Waals surface area contributed by atoms with E-state index in [1.807, 2.05) is 67.6 Å². The Morgan fingerprint density at radius 1 is 1.03 bits per heavy atom.